The summed E-state index contributed by atoms with van der Waals surface area (Å²) in [6.07, 6.45) is 3.78. The van der Waals surface area contributed by atoms with Gasteiger partial charge < -0.3 is 10.2 Å². The van der Waals surface area contributed by atoms with E-state index in [9.17, 15) is 5.26 Å². The lowest BCUT2D eigenvalue weighted by Crippen LogP contribution is -2.44. The fourth-order valence-corrected chi connectivity index (χ4v) is 2.79. The van der Waals surface area contributed by atoms with E-state index in [0.717, 1.165) is 25.3 Å². The van der Waals surface area contributed by atoms with E-state index in [1.165, 1.54) is 19.3 Å². The van der Waals surface area contributed by atoms with E-state index in [1.54, 1.807) is 6.07 Å². The van der Waals surface area contributed by atoms with Gasteiger partial charge in [0.2, 0.25) is 0 Å². The van der Waals surface area contributed by atoms with E-state index in [2.05, 4.69) is 23.2 Å². The average Bonchev–Trinajstić information content (AvgIpc) is 2.46. The molecule has 0 aromatic heterocycles. The molecule has 3 nitrogen and oxygen atoms in total. The van der Waals surface area contributed by atoms with E-state index in [0.29, 0.717) is 16.6 Å². The Morgan fingerprint density at radius 3 is 2.95 bits per heavy atom. The van der Waals surface area contributed by atoms with Crippen LogP contribution in [0, 0.1) is 11.3 Å². The Kier molecular flexibility index (Phi) is 5.07. The molecule has 0 aliphatic carbocycles. The number of piperidine rings is 1. The Morgan fingerprint density at radius 2 is 2.32 bits per heavy atom. The van der Waals surface area contributed by atoms with Crippen LogP contribution in [0.3, 0.4) is 0 Å². The number of nitrogens with one attached hydrogen (secondary N) is 1. The number of benzene rings is 1. The molecule has 1 aromatic carbocycles. The third-order valence-corrected chi connectivity index (χ3v) is 3.89. The van der Waals surface area contributed by atoms with E-state index >= 15 is 0 Å². The summed E-state index contributed by atoms with van der Waals surface area (Å²) < 4.78 is 0. The van der Waals surface area contributed by atoms with Gasteiger partial charge in [0.05, 0.1) is 11.3 Å². The zero-order chi connectivity index (χ0) is 13.7. The van der Waals surface area contributed by atoms with Gasteiger partial charge in [0, 0.05) is 24.2 Å². The van der Waals surface area contributed by atoms with E-state index in [1.807, 2.05) is 12.1 Å². The molecule has 2 rings (SSSR count). The normalized spacial score (nSPS) is 18.9. The summed E-state index contributed by atoms with van der Waals surface area (Å²) in [7, 11) is 0. The van der Waals surface area contributed by atoms with Crippen molar-refractivity contribution in [3.8, 4) is 6.07 Å². The van der Waals surface area contributed by atoms with Crippen molar-refractivity contribution in [1.29, 1.82) is 5.26 Å². The maximum atomic E-state index is 9.24. The number of nitrogens with zero attached hydrogens (tertiary/aromatic N) is 2. The average molecular weight is 278 g/mol. The highest BCUT2D eigenvalue weighted by Gasteiger charge is 2.18. The van der Waals surface area contributed by atoms with Gasteiger partial charge in [-0.3, -0.25) is 0 Å². The largest absolute Gasteiger partial charge is 0.369 e. The van der Waals surface area contributed by atoms with Crippen LogP contribution in [0.25, 0.3) is 0 Å². The van der Waals surface area contributed by atoms with Crippen LogP contribution in [0.4, 0.5) is 5.69 Å². The third-order valence-electron chi connectivity index (χ3n) is 3.65. The topological polar surface area (TPSA) is 39.1 Å². The van der Waals surface area contributed by atoms with Gasteiger partial charge in [-0.2, -0.15) is 5.26 Å². The maximum Gasteiger partial charge on any atom is 0.101 e. The second kappa shape index (κ2) is 6.79. The van der Waals surface area contributed by atoms with Crippen LogP contribution in [0.1, 0.15) is 31.7 Å². The SMILES string of the molecule is CCN(CC1CCCCN1)c1ccc(Cl)cc1C#N. The minimum Gasteiger partial charge on any atom is -0.369 e. The molecule has 1 heterocycles. The number of hydrogen-bond donors (Lipinski definition) is 1. The van der Waals surface area contributed by atoms with Crippen LogP contribution in [-0.4, -0.2) is 25.7 Å². The highest BCUT2D eigenvalue weighted by molar-refractivity contribution is 6.30. The standard InChI is InChI=1S/C15H20ClN3/c1-2-19(11-14-5-3-4-8-18-14)15-7-6-13(16)9-12(15)10-17/h6-7,9,14,18H,2-5,8,11H2,1H3. The second-order valence-corrected chi connectivity index (χ2v) is 5.40. The molecule has 102 valence electrons. The minimum atomic E-state index is 0.524. The van der Waals surface area contributed by atoms with Crippen LogP contribution < -0.4 is 10.2 Å². The molecule has 19 heavy (non-hydrogen) atoms. The van der Waals surface area contributed by atoms with Gasteiger partial charge in [-0.1, -0.05) is 18.0 Å². The van der Waals surface area contributed by atoms with Gasteiger partial charge in [-0.05, 0) is 44.5 Å². The first-order valence-electron chi connectivity index (χ1n) is 6.92. The van der Waals surface area contributed by atoms with Crippen molar-refractivity contribution >= 4 is 17.3 Å². The van der Waals surface area contributed by atoms with E-state index in [4.69, 9.17) is 11.6 Å². The summed E-state index contributed by atoms with van der Waals surface area (Å²) in [5.74, 6) is 0. The van der Waals surface area contributed by atoms with Gasteiger partial charge in [0.15, 0.2) is 0 Å². The first kappa shape index (κ1) is 14.2. The molecule has 0 radical (unpaired) electrons. The highest BCUT2D eigenvalue weighted by atomic mass is 35.5. The van der Waals surface area contributed by atoms with Crippen molar-refractivity contribution in [2.45, 2.75) is 32.2 Å². The number of hydrogen-bond acceptors (Lipinski definition) is 3. The molecule has 1 N–H and O–H groups in total. The molecule has 1 aliphatic heterocycles. The van der Waals surface area contributed by atoms with Gasteiger partial charge in [0.1, 0.15) is 6.07 Å². The van der Waals surface area contributed by atoms with E-state index in [-0.39, 0.29) is 0 Å². The Morgan fingerprint density at radius 1 is 1.47 bits per heavy atom. The number of rotatable bonds is 4. The third kappa shape index (κ3) is 3.62. The van der Waals surface area contributed by atoms with Crippen molar-refractivity contribution in [2.75, 3.05) is 24.5 Å². The Bertz CT molecular complexity index is 461. The van der Waals surface area contributed by atoms with Gasteiger partial charge in [-0.25, -0.2) is 0 Å². The molecule has 1 saturated heterocycles. The van der Waals surface area contributed by atoms with Crippen LogP contribution in [0.2, 0.25) is 5.02 Å². The number of anilines is 1. The Hall–Kier alpha value is -1.24. The molecule has 0 spiro atoms. The van der Waals surface area contributed by atoms with Crippen LogP contribution >= 0.6 is 11.6 Å². The van der Waals surface area contributed by atoms with Crippen molar-refractivity contribution in [2.24, 2.45) is 0 Å². The summed E-state index contributed by atoms with van der Waals surface area (Å²) in [6, 6.07) is 8.32. The molecule has 0 bridgehead atoms. The van der Waals surface area contributed by atoms with Gasteiger partial charge in [-0.15, -0.1) is 0 Å². The Labute approximate surface area is 120 Å². The van der Waals surface area contributed by atoms with Crippen LogP contribution in [0.5, 0.6) is 0 Å². The van der Waals surface area contributed by atoms with Crippen LogP contribution in [-0.2, 0) is 0 Å². The first-order valence-corrected chi connectivity index (χ1v) is 7.30. The lowest BCUT2D eigenvalue weighted by molar-refractivity contribution is 0.400. The highest BCUT2D eigenvalue weighted by Crippen LogP contribution is 2.24. The quantitative estimate of drug-likeness (QED) is 0.919. The molecule has 0 amide bonds. The summed E-state index contributed by atoms with van der Waals surface area (Å²) in [5, 5.41) is 13.4. The molecular weight excluding hydrogens is 258 g/mol. The molecule has 1 unspecified atom stereocenters. The number of nitriles is 1. The van der Waals surface area contributed by atoms with Crippen molar-refractivity contribution < 1.29 is 0 Å². The first-order chi connectivity index (χ1) is 9.24. The summed E-state index contributed by atoms with van der Waals surface area (Å²) in [4.78, 5) is 2.26. The van der Waals surface area contributed by atoms with Gasteiger partial charge in [0.25, 0.3) is 0 Å². The van der Waals surface area contributed by atoms with Crippen molar-refractivity contribution in [3.63, 3.8) is 0 Å². The summed E-state index contributed by atoms with van der Waals surface area (Å²) in [6.45, 7) is 5.08. The fraction of sp³-hybridized carbons (Fsp3) is 0.533. The minimum absolute atomic E-state index is 0.524. The van der Waals surface area contributed by atoms with Gasteiger partial charge >= 0.3 is 0 Å². The zero-order valence-corrected chi connectivity index (χ0v) is 12.1. The van der Waals surface area contributed by atoms with E-state index < -0.39 is 0 Å². The molecule has 1 atom stereocenters. The van der Waals surface area contributed by atoms with Crippen molar-refractivity contribution in [3.05, 3.63) is 28.8 Å². The molecule has 4 heteroatoms. The van der Waals surface area contributed by atoms with Crippen LogP contribution in [0.15, 0.2) is 18.2 Å². The number of halogens is 1. The van der Waals surface area contributed by atoms with Crippen molar-refractivity contribution in [1.82, 2.24) is 5.32 Å². The predicted molar refractivity (Wildman–Crippen MR) is 79.7 cm³/mol. The molecular formula is C15H20ClN3. The second-order valence-electron chi connectivity index (χ2n) is 4.96. The molecule has 1 aliphatic rings. The molecule has 1 aromatic rings. The summed E-state index contributed by atoms with van der Waals surface area (Å²) >= 11 is 5.95. The number of likely N-dealkylation sites (N-methyl/N-ethyl adjacent to an activating group) is 1. The molecule has 1 fully saturated rings. The monoisotopic (exact) mass is 277 g/mol. The predicted octanol–water partition coefficient (Wildman–Crippen LogP) is 3.18. The maximum absolute atomic E-state index is 9.24. The fourth-order valence-electron chi connectivity index (χ4n) is 2.62. The summed E-state index contributed by atoms with van der Waals surface area (Å²) in [5.41, 5.74) is 1.65. The zero-order valence-electron chi connectivity index (χ0n) is 11.3. The smallest absolute Gasteiger partial charge is 0.101 e. The lowest BCUT2D eigenvalue weighted by Gasteiger charge is -2.31. The Balaban J connectivity index is 2.14. The lowest BCUT2D eigenvalue weighted by atomic mass is 10.0. The molecule has 0 saturated carbocycles.